The first-order valence-corrected chi connectivity index (χ1v) is 5.52. The fourth-order valence-corrected chi connectivity index (χ4v) is 1.93. The molecule has 0 aliphatic carbocycles. The second-order valence-corrected chi connectivity index (χ2v) is 4.14. The Morgan fingerprint density at radius 2 is 2.19 bits per heavy atom. The van der Waals surface area contributed by atoms with Crippen LogP contribution in [0.3, 0.4) is 0 Å². The van der Waals surface area contributed by atoms with Gasteiger partial charge in [0.2, 0.25) is 0 Å². The highest BCUT2D eigenvalue weighted by atomic mass is 19.4. The minimum absolute atomic E-state index is 0.194. The van der Waals surface area contributed by atoms with E-state index in [1.807, 2.05) is 0 Å². The SMILES string of the molecule is COCCN(CC1CCCN1)CC(F)(F)F. The summed E-state index contributed by atoms with van der Waals surface area (Å²) in [6.07, 6.45) is -2.12. The number of alkyl halides is 3. The van der Waals surface area contributed by atoms with E-state index in [-0.39, 0.29) is 6.04 Å². The molecule has 1 N–H and O–H groups in total. The maximum atomic E-state index is 12.3. The molecule has 6 heteroatoms. The Bertz CT molecular complexity index is 193. The van der Waals surface area contributed by atoms with Crippen molar-refractivity contribution in [1.82, 2.24) is 10.2 Å². The summed E-state index contributed by atoms with van der Waals surface area (Å²) in [5.74, 6) is 0. The van der Waals surface area contributed by atoms with Crippen LogP contribution in [-0.4, -0.2) is 57.0 Å². The van der Waals surface area contributed by atoms with Crippen molar-refractivity contribution in [2.45, 2.75) is 25.1 Å². The highest BCUT2D eigenvalue weighted by molar-refractivity contribution is 4.78. The van der Waals surface area contributed by atoms with E-state index < -0.39 is 12.7 Å². The van der Waals surface area contributed by atoms with Gasteiger partial charge < -0.3 is 10.1 Å². The van der Waals surface area contributed by atoms with E-state index in [1.165, 1.54) is 12.0 Å². The molecule has 0 radical (unpaired) electrons. The van der Waals surface area contributed by atoms with Crippen molar-refractivity contribution in [2.24, 2.45) is 0 Å². The van der Waals surface area contributed by atoms with E-state index in [2.05, 4.69) is 5.32 Å². The summed E-state index contributed by atoms with van der Waals surface area (Å²) in [6, 6.07) is 0.194. The molecule has 16 heavy (non-hydrogen) atoms. The highest BCUT2D eigenvalue weighted by Crippen LogP contribution is 2.17. The van der Waals surface area contributed by atoms with Crippen LogP contribution in [0.15, 0.2) is 0 Å². The van der Waals surface area contributed by atoms with E-state index in [4.69, 9.17) is 4.74 Å². The monoisotopic (exact) mass is 240 g/mol. The lowest BCUT2D eigenvalue weighted by atomic mass is 10.2. The first kappa shape index (κ1) is 13.7. The van der Waals surface area contributed by atoms with E-state index in [0.29, 0.717) is 19.7 Å². The molecule has 1 saturated heterocycles. The molecule has 96 valence electrons. The van der Waals surface area contributed by atoms with Crippen molar-refractivity contribution in [3.63, 3.8) is 0 Å². The fourth-order valence-electron chi connectivity index (χ4n) is 1.93. The topological polar surface area (TPSA) is 24.5 Å². The van der Waals surface area contributed by atoms with E-state index >= 15 is 0 Å². The Kier molecular flexibility index (Phi) is 5.51. The van der Waals surface area contributed by atoms with Crippen LogP contribution < -0.4 is 5.32 Å². The van der Waals surface area contributed by atoms with Gasteiger partial charge >= 0.3 is 6.18 Å². The quantitative estimate of drug-likeness (QED) is 0.756. The van der Waals surface area contributed by atoms with Crippen molar-refractivity contribution in [3.8, 4) is 0 Å². The van der Waals surface area contributed by atoms with Crippen LogP contribution in [0.5, 0.6) is 0 Å². The van der Waals surface area contributed by atoms with Crippen LogP contribution in [0.25, 0.3) is 0 Å². The van der Waals surface area contributed by atoms with Gasteiger partial charge in [-0.15, -0.1) is 0 Å². The molecule has 0 amide bonds. The molecule has 1 fully saturated rings. The Morgan fingerprint density at radius 1 is 1.44 bits per heavy atom. The minimum atomic E-state index is -4.13. The Balaban J connectivity index is 2.35. The third kappa shape index (κ3) is 5.67. The Morgan fingerprint density at radius 3 is 2.69 bits per heavy atom. The predicted octanol–water partition coefficient (Wildman–Crippen LogP) is 1.25. The van der Waals surface area contributed by atoms with E-state index in [9.17, 15) is 13.2 Å². The molecule has 1 aliphatic heterocycles. The van der Waals surface area contributed by atoms with Gasteiger partial charge in [-0.25, -0.2) is 0 Å². The lowest BCUT2D eigenvalue weighted by molar-refractivity contribution is -0.147. The third-order valence-electron chi connectivity index (χ3n) is 2.66. The molecule has 0 aromatic heterocycles. The lowest BCUT2D eigenvalue weighted by Gasteiger charge is -2.26. The normalized spacial score (nSPS) is 21.9. The average molecular weight is 240 g/mol. The zero-order chi connectivity index (χ0) is 12.0. The van der Waals surface area contributed by atoms with Crippen molar-refractivity contribution in [2.75, 3.05) is 39.9 Å². The maximum Gasteiger partial charge on any atom is 0.401 e. The molecule has 0 aromatic carbocycles. The smallest absolute Gasteiger partial charge is 0.383 e. The fraction of sp³-hybridized carbons (Fsp3) is 1.00. The largest absolute Gasteiger partial charge is 0.401 e. The number of nitrogens with zero attached hydrogens (tertiary/aromatic N) is 1. The van der Waals surface area contributed by atoms with Gasteiger partial charge in [0.05, 0.1) is 13.2 Å². The van der Waals surface area contributed by atoms with Gasteiger partial charge in [-0.2, -0.15) is 13.2 Å². The van der Waals surface area contributed by atoms with E-state index in [1.54, 1.807) is 0 Å². The average Bonchev–Trinajstić information content (AvgIpc) is 2.64. The first-order chi connectivity index (χ1) is 7.51. The zero-order valence-electron chi connectivity index (χ0n) is 9.52. The molecule has 0 aromatic rings. The molecule has 1 atom stereocenters. The summed E-state index contributed by atoms with van der Waals surface area (Å²) in [5.41, 5.74) is 0. The van der Waals surface area contributed by atoms with Crippen LogP contribution in [0.2, 0.25) is 0 Å². The molecular formula is C10H19F3N2O. The standard InChI is InChI=1S/C10H19F3N2O/c1-16-6-5-15(8-10(11,12)13)7-9-3-2-4-14-9/h9,14H,2-8H2,1H3. The van der Waals surface area contributed by atoms with Gasteiger partial charge in [0.15, 0.2) is 0 Å². The lowest BCUT2D eigenvalue weighted by Crippen LogP contribution is -2.43. The van der Waals surface area contributed by atoms with Crippen LogP contribution in [0.4, 0.5) is 13.2 Å². The van der Waals surface area contributed by atoms with Gasteiger partial charge in [-0.1, -0.05) is 0 Å². The summed E-state index contributed by atoms with van der Waals surface area (Å²) in [6.45, 7) is 1.17. The second kappa shape index (κ2) is 6.42. The molecule has 0 saturated carbocycles. The molecule has 0 bridgehead atoms. The number of halogens is 3. The van der Waals surface area contributed by atoms with Crippen LogP contribution >= 0.6 is 0 Å². The van der Waals surface area contributed by atoms with Gasteiger partial charge in [0.1, 0.15) is 0 Å². The number of hydrogen-bond acceptors (Lipinski definition) is 3. The summed E-state index contributed by atoms with van der Waals surface area (Å²) >= 11 is 0. The molecular weight excluding hydrogens is 221 g/mol. The first-order valence-electron chi connectivity index (χ1n) is 5.52. The van der Waals surface area contributed by atoms with Crippen LogP contribution in [0.1, 0.15) is 12.8 Å². The number of nitrogens with one attached hydrogen (secondary N) is 1. The highest BCUT2D eigenvalue weighted by Gasteiger charge is 2.31. The van der Waals surface area contributed by atoms with Gasteiger partial charge in [0, 0.05) is 26.2 Å². The Labute approximate surface area is 93.9 Å². The molecule has 0 spiro atoms. The zero-order valence-corrected chi connectivity index (χ0v) is 9.52. The van der Waals surface area contributed by atoms with Crippen LogP contribution in [-0.2, 0) is 4.74 Å². The summed E-state index contributed by atoms with van der Waals surface area (Å²) in [4.78, 5) is 1.41. The van der Waals surface area contributed by atoms with Crippen molar-refractivity contribution in [3.05, 3.63) is 0 Å². The van der Waals surface area contributed by atoms with Gasteiger partial charge in [-0.05, 0) is 19.4 Å². The number of methoxy groups -OCH3 is 1. The summed E-state index contributed by atoms with van der Waals surface area (Å²) < 4.78 is 41.7. The predicted molar refractivity (Wildman–Crippen MR) is 55.4 cm³/mol. The third-order valence-corrected chi connectivity index (χ3v) is 2.66. The van der Waals surface area contributed by atoms with Crippen molar-refractivity contribution >= 4 is 0 Å². The minimum Gasteiger partial charge on any atom is -0.383 e. The van der Waals surface area contributed by atoms with Gasteiger partial charge in [0.25, 0.3) is 0 Å². The molecule has 1 rings (SSSR count). The molecule has 3 nitrogen and oxygen atoms in total. The molecule has 1 heterocycles. The number of ether oxygens (including phenoxy) is 1. The van der Waals surface area contributed by atoms with Crippen molar-refractivity contribution in [1.29, 1.82) is 0 Å². The molecule has 1 aliphatic rings. The number of hydrogen-bond donors (Lipinski definition) is 1. The van der Waals surface area contributed by atoms with Crippen molar-refractivity contribution < 1.29 is 17.9 Å². The van der Waals surface area contributed by atoms with Crippen LogP contribution in [0, 0.1) is 0 Å². The van der Waals surface area contributed by atoms with E-state index in [0.717, 1.165) is 19.4 Å². The maximum absolute atomic E-state index is 12.3. The molecule has 1 unspecified atom stereocenters. The summed E-state index contributed by atoms with van der Waals surface area (Å²) in [5, 5.41) is 3.20. The summed E-state index contributed by atoms with van der Waals surface area (Å²) in [7, 11) is 1.50. The number of rotatable bonds is 6. The van der Waals surface area contributed by atoms with Gasteiger partial charge in [-0.3, -0.25) is 4.90 Å². The Hall–Kier alpha value is -0.330. The second-order valence-electron chi connectivity index (χ2n) is 4.14.